The van der Waals surface area contributed by atoms with Crippen LogP contribution in [0, 0.1) is 0 Å². The number of esters is 2. The summed E-state index contributed by atoms with van der Waals surface area (Å²) in [6.07, 6.45) is 7.76. The second kappa shape index (κ2) is 18.2. The third-order valence-corrected chi connectivity index (χ3v) is 11.3. The maximum absolute atomic E-state index is 12.4. The Bertz CT molecular complexity index is 2440. The molecule has 2 aliphatic heterocycles. The van der Waals surface area contributed by atoms with E-state index in [4.69, 9.17) is 9.47 Å². The van der Waals surface area contributed by atoms with Gasteiger partial charge in [-0.2, -0.15) is 0 Å². The van der Waals surface area contributed by atoms with Crippen LogP contribution in [0.4, 0.5) is 0 Å². The summed E-state index contributed by atoms with van der Waals surface area (Å²) >= 11 is 0. The molecule has 1 saturated heterocycles. The average Bonchev–Trinajstić information content (AvgIpc) is 4.08. The molecule has 302 valence electrons. The molecule has 3 aromatic heterocycles. The monoisotopic (exact) mass is 782 g/mol. The van der Waals surface area contributed by atoms with Gasteiger partial charge in [0.25, 0.3) is 0 Å². The van der Waals surface area contributed by atoms with E-state index in [-0.39, 0.29) is 0 Å². The van der Waals surface area contributed by atoms with Gasteiger partial charge in [0.05, 0.1) is 36.7 Å². The van der Waals surface area contributed by atoms with Gasteiger partial charge in [0.1, 0.15) is 12.2 Å². The van der Waals surface area contributed by atoms with E-state index in [1.54, 1.807) is 24.3 Å². The number of methoxy groups -OCH3 is 2. The number of aliphatic hydroxyl groups excluding tert-OH is 2. The van der Waals surface area contributed by atoms with Gasteiger partial charge in [-0.3, -0.25) is 0 Å². The van der Waals surface area contributed by atoms with Crippen LogP contribution in [-0.2, 0) is 9.47 Å². The van der Waals surface area contributed by atoms with Gasteiger partial charge in [-0.25, -0.2) is 9.59 Å². The van der Waals surface area contributed by atoms with Gasteiger partial charge < -0.3 is 40.0 Å². The SMILES string of the molecule is CCCCCCC1=C2NC(=C(c3ccc(C(=O)OC)cc3)c3ccc([nH]3)C(c3ccc(C(=O)OC)cc3)=c3ccc([nH]3)=C(CCCCCC)c3ccc1[nH]3)[C@H](O)[C@@H]2O. The van der Waals surface area contributed by atoms with Crippen molar-refractivity contribution in [2.45, 2.75) is 90.3 Å². The Hall–Kier alpha value is -5.84. The number of carbonyl (C=O) groups is 2. The summed E-state index contributed by atoms with van der Waals surface area (Å²) in [5.41, 5.74) is 10.4. The topological polar surface area (TPSA) is 152 Å². The van der Waals surface area contributed by atoms with Gasteiger partial charge in [-0.1, -0.05) is 76.6 Å². The van der Waals surface area contributed by atoms with E-state index in [9.17, 15) is 19.8 Å². The third-order valence-electron chi connectivity index (χ3n) is 11.3. The lowest BCUT2D eigenvalue weighted by atomic mass is 9.96. The van der Waals surface area contributed by atoms with E-state index < -0.39 is 24.1 Å². The van der Waals surface area contributed by atoms with Crippen molar-refractivity contribution in [3.05, 3.63) is 152 Å². The minimum Gasteiger partial charge on any atom is -0.465 e. The number of aromatic nitrogens is 3. The predicted octanol–water partition coefficient (Wildman–Crippen LogP) is 7.44. The van der Waals surface area contributed by atoms with Crippen molar-refractivity contribution in [3.63, 3.8) is 0 Å². The first-order chi connectivity index (χ1) is 28.3. The van der Waals surface area contributed by atoms with Crippen LogP contribution in [0.25, 0.3) is 22.3 Å². The van der Waals surface area contributed by atoms with Gasteiger partial charge in [0.15, 0.2) is 0 Å². The molecule has 2 atom stereocenters. The molecule has 10 nitrogen and oxygen atoms in total. The molecular weight excluding hydrogens is 729 g/mol. The molecule has 0 spiro atoms. The van der Waals surface area contributed by atoms with E-state index in [1.807, 2.05) is 36.4 Å². The minimum atomic E-state index is -1.27. The van der Waals surface area contributed by atoms with Crippen LogP contribution in [0.3, 0.4) is 0 Å². The largest absolute Gasteiger partial charge is 0.465 e. The smallest absolute Gasteiger partial charge is 0.337 e. The zero-order chi connectivity index (χ0) is 40.8. The number of hydrogen-bond acceptors (Lipinski definition) is 7. The molecule has 1 fully saturated rings. The number of fused-ring (bicyclic) bond motifs is 8. The number of ether oxygens (including phenoxy) is 2. The second-order valence-electron chi connectivity index (χ2n) is 15.2. The molecule has 5 aromatic rings. The first kappa shape index (κ1) is 40.4. The molecule has 0 amide bonds. The highest BCUT2D eigenvalue weighted by atomic mass is 16.5. The van der Waals surface area contributed by atoms with Gasteiger partial charge in [-0.05, 0) is 109 Å². The summed E-state index contributed by atoms with van der Waals surface area (Å²) in [6, 6.07) is 26.8. The number of aromatic amines is 3. The van der Waals surface area contributed by atoms with E-state index in [0.717, 1.165) is 101 Å². The zero-order valence-electron chi connectivity index (χ0n) is 33.8. The van der Waals surface area contributed by atoms with Crippen molar-refractivity contribution in [2.75, 3.05) is 14.2 Å². The lowest BCUT2D eigenvalue weighted by Gasteiger charge is -2.15. The highest BCUT2D eigenvalue weighted by Gasteiger charge is 2.38. The molecule has 58 heavy (non-hydrogen) atoms. The summed E-state index contributed by atoms with van der Waals surface area (Å²) in [4.78, 5) is 36.1. The number of carbonyl (C=O) groups excluding carboxylic acids is 2. The number of unbranched alkanes of at least 4 members (excludes halogenated alkanes) is 6. The first-order valence-electron chi connectivity index (χ1n) is 20.6. The van der Waals surface area contributed by atoms with Crippen molar-refractivity contribution >= 4 is 34.2 Å². The lowest BCUT2D eigenvalue weighted by molar-refractivity contribution is 0.0592. The summed E-state index contributed by atoms with van der Waals surface area (Å²) < 4.78 is 9.96. The molecule has 6 N–H and O–H groups in total. The number of nitrogens with one attached hydrogen (secondary N) is 4. The molecule has 2 aromatic carbocycles. The lowest BCUT2D eigenvalue weighted by Crippen LogP contribution is -2.22. The van der Waals surface area contributed by atoms with Crippen LogP contribution >= 0.6 is 0 Å². The summed E-state index contributed by atoms with van der Waals surface area (Å²) in [6.45, 7) is 4.41. The fourth-order valence-corrected chi connectivity index (χ4v) is 8.20. The molecule has 0 saturated carbocycles. The third kappa shape index (κ3) is 8.26. The van der Waals surface area contributed by atoms with E-state index in [0.29, 0.717) is 40.2 Å². The second-order valence-corrected chi connectivity index (χ2v) is 15.2. The molecule has 0 radical (unpaired) electrons. The normalized spacial score (nSPS) is 16.5. The Morgan fingerprint density at radius 2 is 0.983 bits per heavy atom. The molecule has 0 aliphatic carbocycles. The number of aliphatic hydroxyl groups is 2. The standard InChI is InChI=1S/C48H54N4O6/c1-5-7-9-11-13-33-35-23-24-37(49-35)34(14-12-10-8-6-2)43-45(53)46(54)44(52-43)42(30-17-21-32(22-18-30)48(56)58-4)40-28-27-39(51-40)41(38-26-25-36(33)50-38)29-15-19-31(20-16-29)47(55)57-3/h15-28,45-46,49-54H,5-14H2,1-4H3/t45-,46+/m1/s1. The summed E-state index contributed by atoms with van der Waals surface area (Å²) in [5, 5.41) is 29.4. The van der Waals surface area contributed by atoms with Crippen LogP contribution < -0.4 is 16.0 Å². The number of hydrogen-bond donors (Lipinski definition) is 6. The van der Waals surface area contributed by atoms with Crippen molar-refractivity contribution in [3.8, 4) is 0 Å². The van der Waals surface area contributed by atoms with Crippen LogP contribution in [0.2, 0.25) is 0 Å². The molecule has 0 unspecified atom stereocenters. The predicted molar refractivity (Wildman–Crippen MR) is 227 cm³/mol. The van der Waals surface area contributed by atoms with E-state index in [2.05, 4.69) is 58.4 Å². The Labute approximate surface area is 339 Å². The van der Waals surface area contributed by atoms with Crippen LogP contribution in [0.5, 0.6) is 0 Å². The van der Waals surface area contributed by atoms with E-state index >= 15 is 0 Å². The Morgan fingerprint density at radius 3 is 1.55 bits per heavy atom. The molecule has 7 rings (SSSR count). The maximum atomic E-state index is 12.4. The van der Waals surface area contributed by atoms with Gasteiger partial charge in [0, 0.05) is 44.6 Å². The minimum absolute atomic E-state index is 0.393. The fourth-order valence-electron chi connectivity index (χ4n) is 8.20. The first-order valence-corrected chi connectivity index (χ1v) is 20.6. The summed E-state index contributed by atoms with van der Waals surface area (Å²) in [5.74, 6) is -0.866. The maximum Gasteiger partial charge on any atom is 0.337 e. The number of H-pyrrole nitrogens is 3. The Kier molecular flexibility index (Phi) is 12.6. The van der Waals surface area contributed by atoms with Crippen LogP contribution in [0.1, 0.15) is 133 Å². The molecule has 8 bridgehead atoms. The van der Waals surface area contributed by atoms with Crippen molar-refractivity contribution in [2.24, 2.45) is 0 Å². The summed E-state index contributed by atoms with van der Waals surface area (Å²) in [7, 11) is 2.72. The zero-order valence-corrected chi connectivity index (χ0v) is 33.8. The Balaban J connectivity index is 1.51. The number of rotatable bonds is 14. The fraction of sp³-hybridized carbons (Fsp3) is 0.333. The number of allylic oxidation sites excluding steroid dienone is 1. The van der Waals surface area contributed by atoms with Gasteiger partial charge in [-0.15, -0.1) is 0 Å². The van der Waals surface area contributed by atoms with Crippen molar-refractivity contribution in [1.29, 1.82) is 0 Å². The van der Waals surface area contributed by atoms with Crippen molar-refractivity contribution in [1.82, 2.24) is 20.3 Å². The van der Waals surface area contributed by atoms with Crippen LogP contribution in [-0.4, -0.2) is 63.5 Å². The highest BCUT2D eigenvalue weighted by molar-refractivity contribution is 5.92. The van der Waals surface area contributed by atoms with E-state index in [1.165, 1.54) is 26.2 Å². The molecule has 5 heterocycles. The molecule has 10 heteroatoms. The van der Waals surface area contributed by atoms with Gasteiger partial charge >= 0.3 is 11.9 Å². The quantitative estimate of drug-likeness (QED) is 0.0506. The molecule has 2 aliphatic rings. The Morgan fingerprint density at radius 1 is 0.517 bits per heavy atom. The number of benzene rings is 2. The molecular formula is C48H54N4O6. The average molecular weight is 783 g/mol. The van der Waals surface area contributed by atoms with Gasteiger partial charge in [0.2, 0.25) is 0 Å². The van der Waals surface area contributed by atoms with Crippen LogP contribution in [0.15, 0.2) is 96.3 Å². The highest BCUT2D eigenvalue weighted by Crippen LogP contribution is 2.38. The van der Waals surface area contributed by atoms with Crippen molar-refractivity contribution < 1.29 is 29.3 Å².